The number of hydrogen-bond acceptors (Lipinski definition) is 4. The second-order valence-electron chi connectivity index (χ2n) is 5.72. The summed E-state index contributed by atoms with van der Waals surface area (Å²) in [5, 5.41) is 4.86. The highest BCUT2D eigenvalue weighted by Gasteiger charge is 2.45. The van der Waals surface area contributed by atoms with Crippen molar-refractivity contribution in [2.75, 3.05) is 6.61 Å². The quantitative estimate of drug-likeness (QED) is 0.761. The van der Waals surface area contributed by atoms with E-state index in [2.05, 4.69) is 10.1 Å². The molecule has 1 aromatic carbocycles. The van der Waals surface area contributed by atoms with Gasteiger partial charge in [0.1, 0.15) is 24.9 Å². The molecular weight excluding hydrogens is 382 g/mol. The third kappa shape index (κ3) is 4.44. The fourth-order valence-corrected chi connectivity index (χ4v) is 3.44. The predicted octanol–water partition coefficient (Wildman–Crippen LogP) is 4.20. The molecule has 2 heterocycles. The van der Waals surface area contributed by atoms with Crippen LogP contribution in [0.4, 0.5) is 13.2 Å². The Morgan fingerprint density at radius 2 is 2.16 bits per heavy atom. The Labute approximate surface area is 151 Å². The summed E-state index contributed by atoms with van der Waals surface area (Å²) in [4.78, 5) is 3.88. The summed E-state index contributed by atoms with van der Waals surface area (Å²) in [6.07, 6.45) is -1.83. The van der Waals surface area contributed by atoms with Gasteiger partial charge in [-0.1, -0.05) is 29.3 Å². The van der Waals surface area contributed by atoms with Crippen molar-refractivity contribution in [2.24, 2.45) is 0 Å². The van der Waals surface area contributed by atoms with E-state index in [4.69, 9.17) is 32.7 Å². The maximum atomic E-state index is 12.4. The van der Waals surface area contributed by atoms with Crippen molar-refractivity contribution in [1.82, 2.24) is 14.8 Å². The smallest absolute Gasteiger partial charge is 0.343 e. The van der Waals surface area contributed by atoms with Gasteiger partial charge in [0.15, 0.2) is 6.29 Å². The summed E-state index contributed by atoms with van der Waals surface area (Å²) >= 11 is 12.2. The highest BCUT2D eigenvalue weighted by molar-refractivity contribution is 6.35. The van der Waals surface area contributed by atoms with E-state index in [-0.39, 0.29) is 6.54 Å². The maximum absolute atomic E-state index is 12.4. The van der Waals surface area contributed by atoms with Crippen LogP contribution in [0.2, 0.25) is 10.0 Å². The average Bonchev–Trinajstić information content (AvgIpc) is 3.15. The minimum atomic E-state index is -4.42. The van der Waals surface area contributed by atoms with E-state index in [0.29, 0.717) is 28.5 Å². The lowest BCUT2D eigenvalue weighted by Crippen LogP contribution is -2.34. The van der Waals surface area contributed by atoms with Crippen LogP contribution < -0.4 is 0 Å². The van der Waals surface area contributed by atoms with Gasteiger partial charge in [-0.25, -0.2) is 9.67 Å². The highest BCUT2D eigenvalue weighted by atomic mass is 35.5. The van der Waals surface area contributed by atoms with Gasteiger partial charge in [0, 0.05) is 22.0 Å². The van der Waals surface area contributed by atoms with Crippen LogP contribution in [-0.2, 0) is 21.6 Å². The third-order valence-corrected chi connectivity index (χ3v) is 4.43. The topological polar surface area (TPSA) is 49.2 Å². The SMILES string of the molecule is FC(F)(F)CO[C@@H]1CC[C@@](Cn2cncn2)(c2ccc(Cl)cc2Cl)O1. The fourth-order valence-electron chi connectivity index (χ4n) is 2.86. The summed E-state index contributed by atoms with van der Waals surface area (Å²) in [5.74, 6) is 0. The molecule has 1 aliphatic rings. The Hall–Kier alpha value is -1.35. The first-order valence-corrected chi connectivity index (χ1v) is 8.17. The van der Waals surface area contributed by atoms with Crippen molar-refractivity contribution < 1.29 is 22.6 Å². The molecule has 0 amide bonds. The number of rotatable bonds is 5. The van der Waals surface area contributed by atoms with E-state index >= 15 is 0 Å². The van der Waals surface area contributed by atoms with E-state index in [9.17, 15) is 13.2 Å². The molecule has 1 fully saturated rings. The molecule has 1 saturated heterocycles. The van der Waals surface area contributed by atoms with E-state index < -0.39 is 24.7 Å². The minimum absolute atomic E-state index is 0.236. The number of aromatic nitrogens is 3. The van der Waals surface area contributed by atoms with Crippen LogP contribution in [0.15, 0.2) is 30.9 Å². The maximum Gasteiger partial charge on any atom is 0.411 e. The van der Waals surface area contributed by atoms with Crippen molar-refractivity contribution in [3.05, 3.63) is 46.5 Å². The van der Waals surface area contributed by atoms with Gasteiger partial charge in [-0.15, -0.1) is 0 Å². The molecular formula is C15H14Cl2F3N3O2. The van der Waals surface area contributed by atoms with Gasteiger partial charge < -0.3 is 9.47 Å². The van der Waals surface area contributed by atoms with Crippen molar-refractivity contribution in [3.63, 3.8) is 0 Å². The van der Waals surface area contributed by atoms with Crippen LogP contribution in [0, 0.1) is 0 Å². The number of hydrogen-bond donors (Lipinski definition) is 0. The standard InChI is InChI=1S/C15H14Cl2F3N3O2/c16-10-1-2-11(12(17)5-10)14(6-23-9-21-8-22-23)4-3-13(25-14)24-7-15(18,19)20/h1-2,5,8-9,13H,3-4,6-7H2/t13-,14+/m0/s1. The molecule has 3 rings (SSSR count). The summed E-state index contributed by atoms with van der Waals surface area (Å²) in [5.41, 5.74) is -0.363. The van der Waals surface area contributed by atoms with Gasteiger partial charge in [0.05, 0.1) is 6.54 Å². The number of benzene rings is 1. The number of ether oxygens (including phenoxy) is 2. The lowest BCUT2D eigenvalue weighted by atomic mass is 9.90. The number of nitrogens with zero attached hydrogens (tertiary/aromatic N) is 3. The molecule has 136 valence electrons. The molecule has 25 heavy (non-hydrogen) atoms. The van der Waals surface area contributed by atoms with Crippen molar-refractivity contribution >= 4 is 23.2 Å². The first kappa shape index (κ1) is 18.4. The Morgan fingerprint density at radius 3 is 2.80 bits per heavy atom. The monoisotopic (exact) mass is 395 g/mol. The Morgan fingerprint density at radius 1 is 1.36 bits per heavy atom. The van der Waals surface area contributed by atoms with Crippen molar-refractivity contribution in [2.45, 2.75) is 37.5 Å². The predicted molar refractivity (Wildman–Crippen MR) is 84.3 cm³/mol. The second kappa shape index (κ2) is 7.11. The summed E-state index contributed by atoms with van der Waals surface area (Å²) < 4.78 is 49.5. The van der Waals surface area contributed by atoms with E-state index in [0.717, 1.165) is 0 Å². The molecule has 0 unspecified atom stereocenters. The normalized spacial score (nSPS) is 24.0. The van der Waals surface area contributed by atoms with E-state index in [1.807, 2.05) is 0 Å². The molecule has 1 aliphatic heterocycles. The second-order valence-corrected chi connectivity index (χ2v) is 6.57. The molecule has 0 saturated carbocycles. The first-order chi connectivity index (χ1) is 11.8. The fraction of sp³-hybridized carbons (Fsp3) is 0.467. The zero-order valence-corrected chi connectivity index (χ0v) is 14.4. The van der Waals surface area contributed by atoms with Gasteiger partial charge in [-0.2, -0.15) is 18.3 Å². The van der Waals surface area contributed by atoms with Crippen LogP contribution >= 0.6 is 23.2 Å². The molecule has 0 radical (unpaired) electrons. The molecule has 2 atom stereocenters. The molecule has 1 aromatic heterocycles. The molecule has 0 aliphatic carbocycles. The summed E-state index contributed by atoms with van der Waals surface area (Å²) in [6, 6.07) is 4.92. The van der Waals surface area contributed by atoms with Crippen LogP contribution in [-0.4, -0.2) is 33.8 Å². The third-order valence-electron chi connectivity index (χ3n) is 3.88. The summed E-state index contributed by atoms with van der Waals surface area (Å²) in [7, 11) is 0. The first-order valence-electron chi connectivity index (χ1n) is 7.42. The van der Waals surface area contributed by atoms with Crippen molar-refractivity contribution in [1.29, 1.82) is 0 Å². The summed E-state index contributed by atoms with van der Waals surface area (Å²) in [6.45, 7) is -1.13. The van der Waals surface area contributed by atoms with Crippen LogP contribution in [0.1, 0.15) is 18.4 Å². The van der Waals surface area contributed by atoms with Crippen LogP contribution in [0.5, 0.6) is 0 Å². The molecule has 2 aromatic rings. The van der Waals surface area contributed by atoms with Crippen LogP contribution in [0.25, 0.3) is 0 Å². The average molecular weight is 396 g/mol. The Balaban J connectivity index is 1.86. The van der Waals surface area contributed by atoms with Gasteiger partial charge in [0.2, 0.25) is 0 Å². The number of alkyl halides is 3. The largest absolute Gasteiger partial charge is 0.411 e. The lowest BCUT2D eigenvalue weighted by molar-refractivity contribution is -0.239. The highest BCUT2D eigenvalue weighted by Crippen LogP contribution is 2.44. The van der Waals surface area contributed by atoms with Crippen molar-refractivity contribution in [3.8, 4) is 0 Å². The van der Waals surface area contributed by atoms with Gasteiger partial charge >= 0.3 is 6.18 Å². The van der Waals surface area contributed by atoms with E-state index in [1.54, 1.807) is 18.2 Å². The molecule has 10 heteroatoms. The molecule has 5 nitrogen and oxygen atoms in total. The molecule has 0 bridgehead atoms. The van der Waals surface area contributed by atoms with Gasteiger partial charge in [-0.3, -0.25) is 0 Å². The lowest BCUT2D eigenvalue weighted by Gasteiger charge is -2.30. The molecule has 0 spiro atoms. The van der Waals surface area contributed by atoms with Gasteiger partial charge in [-0.05, 0) is 18.6 Å². The zero-order valence-electron chi connectivity index (χ0n) is 12.8. The minimum Gasteiger partial charge on any atom is -0.343 e. The Bertz CT molecular complexity index is 727. The number of halogens is 5. The molecule has 0 N–H and O–H groups in total. The Kier molecular flexibility index (Phi) is 5.24. The van der Waals surface area contributed by atoms with E-state index in [1.165, 1.54) is 17.3 Å². The zero-order chi connectivity index (χ0) is 18.1. The van der Waals surface area contributed by atoms with Crippen LogP contribution in [0.3, 0.4) is 0 Å². The van der Waals surface area contributed by atoms with Gasteiger partial charge in [0.25, 0.3) is 0 Å².